The Labute approximate surface area is 136 Å². The van der Waals surface area contributed by atoms with Crippen LogP contribution in [0.5, 0.6) is 5.75 Å². The number of nitrogens with zero attached hydrogens (tertiary/aromatic N) is 1. The SMILES string of the molecule is COc1ccc(CCCN(C)C(C)c2ccc(F)c(F)c2)cc1. The Morgan fingerprint density at radius 1 is 1.04 bits per heavy atom. The number of hydrogen-bond donors (Lipinski definition) is 0. The second-order valence-corrected chi connectivity index (χ2v) is 5.78. The van der Waals surface area contributed by atoms with Gasteiger partial charge in [0.15, 0.2) is 11.6 Å². The summed E-state index contributed by atoms with van der Waals surface area (Å²) in [5.41, 5.74) is 2.05. The second-order valence-electron chi connectivity index (χ2n) is 5.78. The number of halogens is 2. The molecular formula is C19H23F2NO. The van der Waals surface area contributed by atoms with E-state index in [9.17, 15) is 8.78 Å². The Kier molecular flexibility index (Phi) is 6.11. The van der Waals surface area contributed by atoms with Crippen LogP contribution in [0.25, 0.3) is 0 Å². The van der Waals surface area contributed by atoms with Crippen molar-refractivity contribution in [3.63, 3.8) is 0 Å². The van der Waals surface area contributed by atoms with Crippen LogP contribution in [0.2, 0.25) is 0 Å². The fourth-order valence-electron chi connectivity index (χ4n) is 2.55. The zero-order chi connectivity index (χ0) is 16.8. The van der Waals surface area contributed by atoms with E-state index in [0.717, 1.165) is 30.7 Å². The Balaban J connectivity index is 1.85. The highest BCUT2D eigenvalue weighted by Gasteiger charge is 2.13. The molecule has 0 radical (unpaired) electrons. The summed E-state index contributed by atoms with van der Waals surface area (Å²) in [5.74, 6) is -0.734. The van der Waals surface area contributed by atoms with Crippen molar-refractivity contribution in [3.05, 3.63) is 65.2 Å². The van der Waals surface area contributed by atoms with Crippen LogP contribution in [0.15, 0.2) is 42.5 Å². The third-order valence-corrected chi connectivity index (χ3v) is 4.22. The molecule has 124 valence electrons. The fourth-order valence-corrected chi connectivity index (χ4v) is 2.55. The van der Waals surface area contributed by atoms with Crippen molar-refractivity contribution in [2.24, 2.45) is 0 Å². The molecule has 0 amide bonds. The maximum absolute atomic E-state index is 13.3. The summed E-state index contributed by atoms with van der Waals surface area (Å²) in [6.45, 7) is 2.88. The highest BCUT2D eigenvalue weighted by molar-refractivity contribution is 5.27. The predicted octanol–water partition coefficient (Wildman–Crippen LogP) is 4.60. The van der Waals surface area contributed by atoms with Crippen molar-refractivity contribution in [1.82, 2.24) is 4.90 Å². The normalized spacial score (nSPS) is 12.4. The van der Waals surface area contributed by atoms with E-state index in [2.05, 4.69) is 17.0 Å². The first-order valence-electron chi connectivity index (χ1n) is 7.79. The zero-order valence-electron chi connectivity index (χ0n) is 13.9. The Morgan fingerprint density at radius 3 is 2.35 bits per heavy atom. The minimum absolute atomic E-state index is 0.0426. The average molecular weight is 319 g/mol. The number of benzene rings is 2. The summed E-state index contributed by atoms with van der Waals surface area (Å²) in [5, 5.41) is 0. The Hall–Kier alpha value is -1.94. The topological polar surface area (TPSA) is 12.5 Å². The molecule has 2 aromatic carbocycles. The summed E-state index contributed by atoms with van der Waals surface area (Å²) in [4.78, 5) is 2.15. The van der Waals surface area contributed by atoms with Crippen LogP contribution in [-0.2, 0) is 6.42 Å². The summed E-state index contributed by atoms with van der Waals surface area (Å²) in [6, 6.07) is 12.2. The van der Waals surface area contributed by atoms with Crippen LogP contribution in [0.3, 0.4) is 0 Å². The first-order chi connectivity index (χ1) is 11.0. The van der Waals surface area contributed by atoms with Crippen LogP contribution in [0.1, 0.15) is 30.5 Å². The lowest BCUT2D eigenvalue weighted by Crippen LogP contribution is -2.24. The van der Waals surface area contributed by atoms with Crippen LogP contribution >= 0.6 is 0 Å². The number of aryl methyl sites for hydroxylation is 1. The molecule has 4 heteroatoms. The molecule has 0 fully saturated rings. The van der Waals surface area contributed by atoms with Crippen molar-refractivity contribution in [2.45, 2.75) is 25.8 Å². The summed E-state index contributed by atoms with van der Waals surface area (Å²) in [6.07, 6.45) is 1.97. The van der Waals surface area contributed by atoms with Gasteiger partial charge in [-0.25, -0.2) is 8.78 Å². The third kappa shape index (κ3) is 4.76. The molecule has 2 rings (SSSR count). The van der Waals surface area contributed by atoms with Crippen LogP contribution < -0.4 is 4.74 Å². The molecule has 0 aliphatic carbocycles. The summed E-state index contributed by atoms with van der Waals surface area (Å²) < 4.78 is 31.5. The summed E-state index contributed by atoms with van der Waals surface area (Å²) >= 11 is 0. The Morgan fingerprint density at radius 2 is 1.74 bits per heavy atom. The van der Waals surface area contributed by atoms with E-state index in [4.69, 9.17) is 4.74 Å². The van der Waals surface area contributed by atoms with Crippen LogP contribution in [-0.4, -0.2) is 25.6 Å². The van der Waals surface area contributed by atoms with Gasteiger partial charge < -0.3 is 4.74 Å². The number of ether oxygens (including phenoxy) is 1. The largest absolute Gasteiger partial charge is 0.497 e. The van der Waals surface area contributed by atoms with E-state index in [0.29, 0.717) is 0 Å². The molecule has 0 aliphatic rings. The number of rotatable bonds is 7. The van der Waals surface area contributed by atoms with Gasteiger partial charge in [0.2, 0.25) is 0 Å². The molecule has 2 nitrogen and oxygen atoms in total. The maximum atomic E-state index is 13.3. The van der Waals surface area contributed by atoms with Crippen LogP contribution in [0.4, 0.5) is 8.78 Å². The molecule has 0 spiro atoms. The Bertz CT molecular complexity index is 628. The van der Waals surface area contributed by atoms with Gasteiger partial charge in [0, 0.05) is 6.04 Å². The van der Waals surface area contributed by atoms with Gasteiger partial charge in [0.25, 0.3) is 0 Å². The van der Waals surface area contributed by atoms with Gasteiger partial charge >= 0.3 is 0 Å². The molecule has 23 heavy (non-hydrogen) atoms. The molecule has 0 heterocycles. The first-order valence-corrected chi connectivity index (χ1v) is 7.79. The average Bonchev–Trinajstić information content (AvgIpc) is 2.57. The zero-order valence-corrected chi connectivity index (χ0v) is 13.9. The van der Waals surface area contributed by atoms with Crippen molar-refractivity contribution >= 4 is 0 Å². The quantitative estimate of drug-likeness (QED) is 0.739. The van der Waals surface area contributed by atoms with Gasteiger partial charge in [-0.15, -0.1) is 0 Å². The molecule has 2 aromatic rings. The van der Waals surface area contributed by atoms with E-state index in [-0.39, 0.29) is 6.04 Å². The molecule has 0 bridgehead atoms. The van der Waals surface area contributed by atoms with Gasteiger partial charge in [-0.1, -0.05) is 18.2 Å². The minimum atomic E-state index is -0.803. The molecule has 1 unspecified atom stereocenters. The lowest BCUT2D eigenvalue weighted by atomic mass is 10.1. The highest BCUT2D eigenvalue weighted by atomic mass is 19.2. The van der Waals surface area contributed by atoms with E-state index in [1.807, 2.05) is 26.1 Å². The van der Waals surface area contributed by atoms with Gasteiger partial charge in [-0.2, -0.15) is 0 Å². The second kappa shape index (κ2) is 8.06. The van der Waals surface area contributed by atoms with E-state index >= 15 is 0 Å². The van der Waals surface area contributed by atoms with Crippen molar-refractivity contribution in [3.8, 4) is 5.75 Å². The lowest BCUT2D eigenvalue weighted by Gasteiger charge is -2.25. The summed E-state index contributed by atoms with van der Waals surface area (Å²) in [7, 11) is 3.66. The van der Waals surface area contributed by atoms with Gasteiger partial charge in [0.05, 0.1) is 7.11 Å². The van der Waals surface area contributed by atoms with Gasteiger partial charge in [0.1, 0.15) is 5.75 Å². The number of methoxy groups -OCH3 is 1. The van der Waals surface area contributed by atoms with E-state index < -0.39 is 11.6 Å². The highest BCUT2D eigenvalue weighted by Crippen LogP contribution is 2.21. The van der Waals surface area contributed by atoms with Crippen molar-refractivity contribution < 1.29 is 13.5 Å². The predicted molar refractivity (Wildman–Crippen MR) is 88.7 cm³/mol. The lowest BCUT2D eigenvalue weighted by molar-refractivity contribution is 0.257. The van der Waals surface area contributed by atoms with Gasteiger partial charge in [-0.3, -0.25) is 4.90 Å². The van der Waals surface area contributed by atoms with Crippen molar-refractivity contribution in [1.29, 1.82) is 0 Å². The standard InChI is InChI=1S/C19H23F2NO/c1-14(16-8-11-18(20)19(21)13-16)22(2)12-4-5-15-6-9-17(23-3)10-7-15/h6-11,13-14H,4-5,12H2,1-3H3. The monoisotopic (exact) mass is 319 g/mol. The first kappa shape index (κ1) is 17.4. The molecule has 0 N–H and O–H groups in total. The molecule has 0 saturated carbocycles. The fraction of sp³-hybridized carbons (Fsp3) is 0.368. The van der Waals surface area contributed by atoms with Crippen molar-refractivity contribution in [2.75, 3.05) is 20.7 Å². The molecular weight excluding hydrogens is 296 g/mol. The molecule has 1 atom stereocenters. The van der Waals surface area contributed by atoms with Crippen LogP contribution in [0, 0.1) is 11.6 Å². The molecule has 0 aromatic heterocycles. The molecule has 0 aliphatic heterocycles. The van der Waals surface area contributed by atoms with E-state index in [1.165, 1.54) is 17.7 Å². The number of hydrogen-bond acceptors (Lipinski definition) is 2. The van der Waals surface area contributed by atoms with E-state index in [1.54, 1.807) is 13.2 Å². The molecule has 0 saturated heterocycles. The smallest absolute Gasteiger partial charge is 0.159 e. The third-order valence-electron chi connectivity index (χ3n) is 4.22. The maximum Gasteiger partial charge on any atom is 0.159 e. The van der Waals surface area contributed by atoms with Gasteiger partial charge in [-0.05, 0) is 68.8 Å². The minimum Gasteiger partial charge on any atom is -0.497 e.